The molecule has 20 heavy (non-hydrogen) atoms. The highest BCUT2D eigenvalue weighted by Crippen LogP contribution is 2.30. The summed E-state index contributed by atoms with van der Waals surface area (Å²) in [6.07, 6.45) is 0. The quantitative estimate of drug-likeness (QED) is 0.726. The second kappa shape index (κ2) is 4.76. The molecule has 0 saturated carbocycles. The number of carbonyl (C=O) groups is 1. The molecule has 0 saturated heterocycles. The number of fused-ring (bicyclic) bond motifs is 1. The summed E-state index contributed by atoms with van der Waals surface area (Å²) in [5, 5.41) is 0. The Bertz CT molecular complexity index is 785. The van der Waals surface area contributed by atoms with Gasteiger partial charge in [-0.1, -0.05) is 12.1 Å². The van der Waals surface area contributed by atoms with E-state index in [1.54, 1.807) is 19.0 Å². The standard InChI is InChI=1S/C15H15N3OS/c1-17(2)15(19)13-9-8-12(20-13)14-16-10-6-4-5-7-11(10)18(14)3/h4-9H,1-3H3. The Balaban J connectivity index is 2.08. The zero-order valence-corrected chi connectivity index (χ0v) is 12.4. The average molecular weight is 285 g/mol. The molecule has 0 bridgehead atoms. The maximum absolute atomic E-state index is 12.0. The Morgan fingerprint density at radius 1 is 1.20 bits per heavy atom. The van der Waals surface area contributed by atoms with Crippen LogP contribution >= 0.6 is 11.3 Å². The van der Waals surface area contributed by atoms with Gasteiger partial charge in [-0.3, -0.25) is 4.79 Å². The van der Waals surface area contributed by atoms with Gasteiger partial charge in [-0.15, -0.1) is 11.3 Å². The number of hydrogen-bond donors (Lipinski definition) is 0. The van der Waals surface area contributed by atoms with E-state index in [-0.39, 0.29) is 5.91 Å². The summed E-state index contributed by atoms with van der Waals surface area (Å²) in [5.74, 6) is 0.925. The topological polar surface area (TPSA) is 38.1 Å². The number of para-hydroxylation sites is 2. The van der Waals surface area contributed by atoms with E-state index >= 15 is 0 Å². The molecule has 0 aliphatic heterocycles. The van der Waals surface area contributed by atoms with Crippen molar-refractivity contribution >= 4 is 28.3 Å². The van der Waals surface area contributed by atoms with Gasteiger partial charge in [0.15, 0.2) is 5.82 Å². The van der Waals surface area contributed by atoms with E-state index in [0.717, 1.165) is 26.6 Å². The first-order chi connectivity index (χ1) is 9.58. The second-order valence-corrected chi connectivity index (χ2v) is 5.93. The summed E-state index contributed by atoms with van der Waals surface area (Å²) in [7, 11) is 5.52. The smallest absolute Gasteiger partial charge is 0.263 e. The van der Waals surface area contributed by atoms with Crippen LogP contribution in [0.5, 0.6) is 0 Å². The number of thiophene rings is 1. The molecule has 0 aliphatic rings. The molecule has 4 nitrogen and oxygen atoms in total. The number of rotatable bonds is 2. The van der Waals surface area contributed by atoms with E-state index in [9.17, 15) is 4.79 Å². The van der Waals surface area contributed by atoms with Gasteiger partial charge in [0.25, 0.3) is 5.91 Å². The summed E-state index contributed by atoms with van der Waals surface area (Å²) < 4.78 is 2.06. The molecule has 0 aliphatic carbocycles. The predicted octanol–water partition coefficient (Wildman–Crippen LogP) is 3.00. The lowest BCUT2D eigenvalue weighted by Gasteiger charge is -2.07. The maximum Gasteiger partial charge on any atom is 0.263 e. The van der Waals surface area contributed by atoms with Crippen molar-refractivity contribution in [3.8, 4) is 10.7 Å². The molecule has 0 N–H and O–H groups in total. The van der Waals surface area contributed by atoms with E-state index in [1.807, 2.05) is 43.4 Å². The molecule has 0 radical (unpaired) electrons. The Morgan fingerprint density at radius 3 is 2.65 bits per heavy atom. The molecule has 0 unspecified atom stereocenters. The number of hydrogen-bond acceptors (Lipinski definition) is 3. The third-order valence-corrected chi connectivity index (χ3v) is 4.30. The highest BCUT2D eigenvalue weighted by molar-refractivity contribution is 7.17. The number of carbonyl (C=O) groups excluding carboxylic acids is 1. The predicted molar refractivity (Wildman–Crippen MR) is 82.0 cm³/mol. The van der Waals surface area contributed by atoms with Crippen LogP contribution in [0.1, 0.15) is 9.67 Å². The number of amides is 1. The van der Waals surface area contributed by atoms with E-state index in [4.69, 9.17) is 0 Å². The van der Waals surface area contributed by atoms with Crippen LogP contribution in [0.2, 0.25) is 0 Å². The van der Waals surface area contributed by atoms with Gasteiger partial charge < -0.3 is 9.47 Å². The van der Waals surface area contributed by atoms with Gasteiger partial charge >= 0.3 is 0 Å². The highest BCUT2D eigenvalue weighted by atomic mass is 32.1. The van der Waals surface area contributed by atoms with Gasteiger partial charge in [0.1, 0.15) is 0 Å². The Kier molecular flexibility index (Phi) is 3.06. The van der Waals surface area contributed by atoms with Crippen molar-refractivity contribution in [2.75, 3.05) is 14.1 Å². The maximum atomic E-state index is 12.0. The third kappa shape index (κ3) is 2.00. The van der Waals surface area contributed by atoms with Gasteiger partial charge in [-0.05, 0) is 24.3 Å². The number of nitrogens with zero attached hydrogens (tertiary/aromatic N) is 3. The number of aryl methyl sites for hydroxylation is 1. The molecule has 102 valence electrons. The fourth-order valence-corrected chi connectivity index (χ4v) is 3.21. The molecule has 3 aromatic rings. The van der Waals surface area contributed by atoms with E-state index in [2.05, 4.69) is 9.55 Å². The zero-order valence-electron chi connectivity index (χ0n) is 11.6. The summed E-state index contributed by atoms with van der Waals surface area (Å²) in [4.78, 5) is 19.9. The first kappa shape index (κ1) is 12.9. The fourth-order valence-electron chi connectivity index (χ4n) is 2.16. The van der Waals surface area contributed by atoms with Gasteiger partial charge in [-0.2, -0.15) is 0 Å². The summed E-state index contributed by atoms with van der Waals surface area (Å²) in [6.45, 7) is 0. The Morgan fingerprint density at radius 2 is 1.95 bits per heavy atom. The fraction of sp³-hybridized carbons (Fsp3) is 0.200. The molecule has 5 heteroatoms. The van der Waals surface area contributed by atoms with Crippen molar-refractivity contribution in [3.63, 3.8) is 0 Å². The minimum atomic E-state index is 0.0278. The molecule has 1 aromatic carbocycles. The van der Waals surface area contributed by atoms with Crippen molar-refractivity contribution in [1.29, 1.82) is 0 Å². The average Bonchev–Trinajstić information content (AvgIpc) is 3.03. The molecule has 2 aromatic heterocycles. The lowest BCUT2D eigenvalue weighted by Crippen LogP contribution is -2.20. The van der Waals surface area contributed by atoms with Crippen molar-refractivity contribution in [2.45, 2.75) is 0 Å². The van der Waals surface area contributed by atoms with Gasteiger partial charge in [0, 0.05) is 21.1 Å². The Labute approximate surface area is 121 Å². The van der Waals surface area contributed by atoms with Crippen LogP contribution in [0.25, 0.3) is 21.7 Å². The van der Waals surface area contributed by atoms with Crippen LogP contribution in [0.15, 0.2) is 36.4 Å². The van der Waals surface area contributed by atoms with E-state index in [0.29, 0.717) is 0 Å². The van der Waals surface area contributed by atoms with Crippen molar-refractivity contribution in [2.24, 2.45) is 7.05 Å². The van der Waals surface area contributed by atoms with E-state index in [1.165, 1.54) is 11.3 Å². The molecular formula is C15H15N3OS. The molecule has 0 fully saturated rings. The van der Waals surface area contributed by atoms with Crippen LogP contribution in [-0.2, 0) is 7.05 Å². The van der Waals surface area contributed by atoms with Crippen LogP contribution in [0.4, 0.5) is 0 Å². The van der Waals surface area contributed by atoms with Crippen LogP contribution in [0.3, 0.4) is 0 Å². The molecule has 1 amide bonds. The summed E-state index contributed by atoms with van der Waals surface area (Å²) in [5.41, 5.74) is 2.07. The van der Waals surface area contributed by atoms with Crippen LogP contribution < -0.4 is 0 Å². The summed E-state index contributed by atoms with van der Waals surface area (Å²) in [6, 6.07) is 11.9. The molecule has 3 rings (SSSR count). The molecule has 0 spiro atoms. The number of benzene rings is 1. The molecule has 2 heterocycles. The van der Waals surface area contributed by atoms with Crippen molar-refractivity contribution in [1.82, 2.24) is 14.5 Å². The normalized spacial score (nSPS) is 10.9. The lowest BCUT2D eigenvalue weighted by molar-refractivity contribution is 0.0832. The van der Waals surface area contributed by atoms with Crippen LogP contribution in [-0.4, -0.2) is 34.5 Å². The summed E-state index contributed by atoms with van der Waals surface area (Å²) >= 11 is 1.48. The minimum Gasteiger partial charge on any atom is -0.344 e. The number of imidazole rings is 1. The van der Waals surface area contributed by atoms with Gasteiger partial charge in [0.2, 0.25) is 0 Å². The first-order valence-corrected chi connectivity index (χ1v) is 7.13. The SMILES string of the molecule is CN(C)C(=O)c1ccc(-c2nc3ccccc3n2C)s1. The zero-order chi connectivity index (χ0) is 14.3. The lowest BCUT2D eigenvalue weighted by atomic mass is 10.3. The largest absolute Gasteiger partial charge is 0.344 e. The third-order valence-electron chi connectivity index (χ3n) is 3.23. The molecule has 0 atom stereocenters. The van der Waals surface area contributed by atoms with E-state index < -0.39 is 0 Å². The van der Waals surface area contributed by atoms with Gasteiger partial charge in [0.05, 0.1) is 20.8 Å². The highest BCUT2D eigenvalue weighted by Gasteiger charge is 2.15. The van der Waals surface area contributed by atoms with Crippen molar-refractivity contribution in [3.05, 3.63) is 41.3 Å². The molecular weight excluding hydrogens is 270 g/mol. The first-order valence-electron chi connectivity index (χ1n) is 6.31. The van der Waals surface area contributed by atoms with Crippen molar-refractivity contribution < 1.29 is 4.79 Å². The second-order valence-electron chi connectivity index (χ2n) is 4.85. The van der Waals surface area contributed by atoms with Crippen LogP contribution in [0, 0.1) is 0 Å². The van der Waals surface area contributed by atoms with Gasteiger partial charge in [-0.25, -0.2) is 4.98 Å². The monoisotopic (exact) mass is 285 g/mol. The minimum absolute atomic E-state index is 0.0278. The Hall–Kier alpha value is -2.14. The number of aromatic nitrogens is 2.